The van der Waals surface area contributed by atoms with Crippen LogP contribution in [0.2, 0.25) is 0 Å². The summed E-state index contributed by atoms with van der Waals surface area (Å²) < 4.78 is 4.27. The van der Waals surface area contributed by atoms with Crippen LogP contribution in [0.4, 0.5) is 5.00 Å². The average molecular weight is 266 g/mol. The van der Waals surface area contributed by atoms with Gasteiger partial charge in [0.15, 0.2) is 5.78 Å². The molecule has 1 heterocycles. The molecule has 2 rings (SSSR count). The zero-order valence-electron chi connectivity index (χ0n) is 11.5. The van der Waals surface area contributed by atoms with Crippen molar-refractivity contribution in [2.75, 3.05) is 11.9 Å². The van der Waals surface area contributed by atoms with E-state index < -0.39 is 0 Å². The predicted molar refractivity (Wildman–Crippen MR) is 76.5 cm³/mol. The Balaban J connectivity index is 1.92. The first kappa shape index (κ1) is 13.5. The number of Topliss-reactive ketones (excluding diaryl/α,β-unsaturated/α-hetero) is 1. The van der Waals surface area contributed by atoms with Crippen LogP contribution >= 0.6 is 11.5 Å². The van der Waals surface area contributed by atoms with E-state index in [1.807, 2.05) is 6.92 Å². The van der Waals surface area contributed by atoms with Gasteiger partial charge in [-0.1, -0.05) is 19.8 Å². The molecule has 1 aliphatic carbocycles. The van der Waals surface area contributed by atoms with Crippen LogP contribution in [0.3, 0.4) is 0 Å². The summed E-state index contributed by atoms with van der Waals surface area (Å²) in [5.41, 5.74) is 1.64. The molecule has 0 saturated heterocycles. The predicted octanol–water partition coefficient (Wildman–Crippen LogP) is 3.89. The Morgan fingerprint density at radius 2 is 2.06 bits per heavy atom. The van der Waals surface area contributed by atoms with Crippen LogP contribution in [0.5, 0.6) is 0 Å². The fourth-order valence-corrected chi connectivity index (χ4v) is 3.53. The maximum atomic E-state index is 11.6. The van der Waals surface area contributed by atoms with E-state index in [4.69, 9.17) is 0 Å². The second-order valence-corrected chi connectivity index (χ2v) is 6.31. The number of nitrogens with zero attached hydrogens (tertiary/aromatic N) is 1. The molecule has 0 unspecified atom stereocenters. The van der Waals surface area contributed by atoms with E-state index >= 15 is 0 Å². The maximum Gasteiger partial charge on any atom is 0.164 e. The van der Waals surface area contributed by atoms with Crippen molar-refractivity contribution in [2.45, 2.75) is 46.5 Å². The summed E-state index contributed by atoms with van der Waals surface area (Å²) in [6.07, 6.45) is 5.30. The summed E-state index contributed by atoms with van der Waals surface area (Å²) in [5, 5.41) is 4.39. The minimum Gasteiger partial charge on any atom is -0.375 e. The van der Waals surface area contributed by atoms with Gasteiger partial charge in [0.2, 0.25) is 0 Å². The van der Waals surface area contributed by atoms with E-state index in [1.165, 1.54) is 37.2 Å². The molecule has 1 N–H and O–H groups in total. The molecule has 0 aromatic carbocycles. The molecule has 0 aliphatic heterocycles. The zero-order chi connectivity index (χ0) is 13.1. The van der Waals surface area contributed by atoms with Gasteiger partial charge < -0.3 is 5.32 Å². The van der Waals surface area contributed by atoms with E-state index in [9.17, 15) is 4.79 Å². The standard InChI is InChI=1S/C14H22N2OS/c1-9-4-6-12(7-5-9)8-15-14-13(11(3)17)10(2)16-18-14/h9,12,15H,4-8H2,1-3H3. The first-order valence-corrected chi connectivity index (χ1v) is 7.56. The number of carbonyl (C=O) groups excluding carboxylic acids is 1. The Hall–Kier alpha value is -0.900. The summed E-state index contributed by atoms with van der Waals surface area (Å²) in [7, 11) is 0. The van der Waals surface area contributed by atoms with Gasteiger partial charge in [-0.2, -0.15) is 4.37 Å². The number of carbonyl (C=O) groups is 1. The van der Waals surface area contributed by atoms with E-state index in [0.29, 0.717) is 0 Å². The van der Waals surface area contributed by atoms with Crippen molar-refractivity contribution in [3.05, 3.63) is 11.3 Å². The molecule has 0 atom stereocenters. The van der Waals surface area contributed by atoms with Gasteiger partial charge in [0.25, 0.3) is 0 Å². The van der Waals surface area contributed by atoms with Gasteiger partial charge in [-0.25, -0.2) is 0 Å². The monoisotopic (exact) mass is 266 g/mol. The Bertz CT molecular complexity index is 419. The second kappa shape index (κ2) is 5.83. The number of rotatable bonds is 4. The van der Waals surface area contributed by atoms with Crippen molar-refractivity contribution in [1.29, 1.82) is 0 Å². The molecule has 100 valence electrons. The van der Waals surface area contributed by atoms with Crippen LogP contribution < -0.4 is 5.32 Å². The quantitative estimate of drug-likeness (QED) is 0.841. The number of aromatic nitrogens is 1. The summed E-state index contributed by atoms with van der Waals surface area (Å²) in [4.78, 5) is 11.6. The molecule has 0 spiro atoms. The highest BCUT2D eigenvalue weighted by molar-refractivity contribution is 7.10. The van der Waals surface area contributed by atoms with Crippen molar-refractivity contribution < 1.29 is 4.79 Å². The van der Waals surface area contributed by atoms with Crippen LogP contribution in [0.1, 0.15) is 55.6 Å². The van der Waals surface area contributed by atoms with Gasteiger partial charge in [-0.15, -0.1) is 0 Å². The molecule has 1 aliphatic rings. The number of hydrogen-bond donors (Lipinski definition) is 1. The first-order valence-electron chi connectivity index (χ1n) is 6.79. The molecule has 0 amide bonds. The van der Waals surface area contributed by atoms with Crippen LogP contribution in [0.25, 0.3) is 0 Å². The molecule has 3 nitrogen and oxygen atoms in total. The Labute approximate surface area is 113 Å². The molecule has 1 fully saturated rings. The molecule has 4 heteroatoms. The van der Waals surface area contributed by atoms with Crippen molar-refractivity contribution in [1.82, 2.24) is 4.37 Å². The van der Waals surface area contributed by atoms with Gasteiger partial charge in [0.1, 0.15) is 5.00 Å². The highest BCUT2D eigenvalue weighted by Gasteiger charge is 2.20. The fraction of sp³-hybridized carbons (Fsp3) is 0.714. The average Bonchev–Trinajstić information content (AvgIpc) is 2.70. The summed E-state index contributed by atoms with van der Waals surface area (Å²) >= 11 is 1.41. The van der Waals surface area contributed by atoms with Gasteiger partial charge in [-0.05, 0) is 50.1 Å². The number of anilines is 1. The summed E-state index contributed by atoms with van der Waals surface area (Å²) in [6.45, 7) is 6.84. The SMILES string of the molecule is CC(=O)c1c(C)nsc1NCC1CCC(C)CC1. The van der Waals surface area contributed by atoms with E-state index in [-0.39, 0.29) is 5.78 Å². The zero-order valence-corrected chi connectivity index (χ0v) is 12.3. The highest BCUT2D eigenvalue weighted by atomic mass is 32.1. The van der Waals surface area contributed by atoms with E-state index in [2.05, 4.69) is 16.6 Å². The lowest BCUT2D eigenvalue weighted by atomic mass is 9.83. The largest absolute Gasteiger partial charge is 0.375 e. The van der Waals surface area contributed by atoms with Gasteiger partial charge in [-0.3, -0.25) is 4.79 Å². The molecule has 1 aromatic rings. The lowest BCUT2D eigenvalue weighted by molar-refractivity contribution is 0.101. The van der Waals surface area contributed by atoms with Crippen LogP contribution in [0.15, 0.2) is 0 Å². The van der Waals surface area contributed by atoms with Gasteiger partial charge in [0, 0.05) is 6.54 Å². The van der Waals surface area contributed by atoms with Crippen molar-refractivity contribution in [3.63, 3.8) is 0 Å². The Kier molecular flexibility index (Phi) is 4.38. The maximum absolute atomic E-state index is 11.6. The van der Waals surface area contributed by atoms with Crippen molar-refractivity contribution in [3.8, 4) is 0 Å². The fourth-order valence-electron chi connectivity index (χ4n) is 2.68. The lowest BCUT2D eigenvalue weighted by Crippen LogP contribution is -2.20. The third-order valence-electron chi connectivity index (χ3n) is 3.90. The first-order chi connectivity index (χ1) is 8.58. The lowest BCUT2D eigenvalue weighted by Gasteiger charge is -2.26. The van der Waals surface area contributed by atoms with E-state index in [1.54, 1.807) is 6.92 Å². The topological polar surface area (TPSA) is 42.0 Å². The molecular weight excluding hydrogens is 244 g/mol. The van der Waals surface area contributed by atoms with Gasteiger partial charge in [0.05, 0.1) is 11.3 Å². The number of nitrogens with one attached hydrogen (secondary N) is 1. The normalized spacial score (nSPS) is 23.9. The molecule has 0 bridgehead atoms. The molecule has 1 aromatic heterocycles. The number of hydrogen-bond acceptors (Lipinski definition) is 4. The summed E-state index contributed by atoms with van der Waals surface area (Å²) in [5.74, 6) is 1.75. The van der Waals surface area contributed by atoms with Crippen LogP contribution in [-0.4, -0.2) is 16.7 Å². The minimum absolute atomic E-state index is 0.112. The minimum atomic E-state index is 0.112. The Morgan fingerprint density at radius 3 is 2.67 bits per heavy atom. The molecule has 1 saturated carbocycles. The third-order valence-corrected chi connectivity index (χ3v) is 4.80. The number of ketones is 1. The number of aryl methyl sites for hydroxylation is 1. The second-order valence-electron chi connectivity index (χ2n) is 5.54. The van der Waals surface area contributed by atoms with Crippen LogP contribution in [0, 0.1) is 18.8 Å². The summed E-state index contributed by atoms with van der Waals surface area (Å²) in [6, 6.07) is 0. The Morgan fingerprint density at radius 1 is 1.39 bits per heavy atom. The highest BCUT2D eigenvalue weighted by Crippen LogP contribution is 2.30. The van der Waals surface area contributed by atoms with Gasteiger partial charge >= 0.3 is 0 Å². The molecule has 18 heavy (non-hydrogen) atoms. The van der Waals surface area contributed by atoms with Crippen molar-refractivity contribution >= 4 is 22.3 Å². The molecule has 0 radical (unpaired) electrons. The van der Waals surface area contributed by atoms with E-state index in [0.717, 1.165) is 34.6 Å². The molecular formula is C14H22N2OS. The van der Waals surface area contributed by atoms with Crippen LogP contribution in [-0.2, 0) is 0 Å². The third kappa shape index (κ3) is 3.10. The smallest absolute Gasteiger partial charge is 0.164 e. The van der Waals surface area contributed by atoms with Crippen molar-refractivity contribution in [2.24, 2.45) is 11.8 Å².